The Balaban J connectivity index is 3.09. The highest BCUT2D eigenvalue weighted by Crippen LogP contribution is 2.16. The van der Waals surface area contributed by atoms with Gasteiger partial charge < -0.3 is 5.21 Å². The highest BCUT2D eigenvalue weighted by molar-refractivity contribution is 9.10. The van der Waals surface area contributed by atoms with Crippen molar-refractivity contribution in [2.75, 3.05) is 0 Å². The summed E-state index contributed by atoms with van der Waals surface area (Å²) >= 11 is 8.88. The molecule has 5 heteroatoms. The summed E-state index contributed by atoms with van der Waals surface area (Å²) < 4.78 is 0.651. The number of hydrogen-bond donors (Lipinski definition) is 1. The van der Waals surface area contributed by atoms with Crippen LogP contribution < -0.4 is 0 Å². The van der Waals surface area contributed by atoms with Crippen molar-refractivity contribution in [3.8, 4) is 0 Å². The van der Waals surface area contributed by atoms with E-state index in [9.17, 15) is 0 Å². The zero-order valence-corrected chi connectivity index (χ0v) is 7.67. The smallest absolute Gasteiger partial charge is 0.107 e. The second kappa shape index (κ2) is 3.69. The average molecular weight is 235 g/mol. The molecule has 0 radical (unpaired) electrons. The number of hydrogen-bond acceptors (Lipinski definition) is 3. The molecule has 0 aliphatic carbocycles. The minimum absolute atomic E-state index is 0.490. The summed E-state index contributed by atoms with van der Waals surface area (Å²) in [7, 11) is 0. The van der Waals surface area contributed by atoms with Gasteiger partial charge in [-0.2, -0.15) is 0 Å². The van der Waals surface area contributed by atoms with Crippen molar-refractivity contribution >= 4 is 33.7 Å². The summed E-state index contributed by atoms with van der Waals surface area (Å²) in [5.74, 6) is 0. The van der Waals surface area contributed by atoms with Gasteiger partial charge in [-0.1, -0.05) is 16.8 Å². The normalized spacial score (nSPS) is 10.7. The molecular weight excluding hydrogens is 231 g/mol. The van der Waals surface area contributed by atoms with Gasteiger partial charge in [-0.25, -0.2) is 4.98 Å². The second-order valence-corrected chi connectivity index (χ2v) is 2.99. The second-order valence-electron chi connectivity index (χ2n) is 1.77. The topological polar surface area (TPSA) is 45.5 Å². The molecule has 1 N–H and O–H groups in total. The fourth-order valence-electron chi connectivity index (χ4n) is 0.575. The Morgan fingerprint density at radius 2 is 2.45 bits per heavy atom. The van der Waals surface area contributed by atoms with Crippen molar-refractivity contribution < 1.29 is 5.21 Å². The third-order valence-corrected chi connectivity index (χ3v) is 1.81. The molecule has 1 heterocycles. The first kappa shape index (κ1) is 8.49. The molecule has 1 aromatic heterocycles. The van der Waals surface area contributed by atoms with Gasteiger partial charge >= 0.3 is 0 Å². The van der Waals surface area contributed by atoms with Crippen LogP contribution >= 0.6 is 27.5 Å². The quantitative estimate of drug-likeness (QED) is 0.351. The highest BCUT2D eigenvalue weighted by atomic mass is 79.9. The first-order chi connectivity index (χ1) is 5.24. The molecule has 0 aromatic carbocycles. The maximum Gasteiger partial charge on any atom is 0.107 e. The zero-order valence-electron chi connectivity index (χ0n) is 5.33. The molecule has 1 aromatic rings. The van der Waals surface area contributed by atoms with Crippen molar-refractivity contribution in [1.82, 2.24) is 4.98 Å². The van der Waals surface area contributed by atoms with Crippen molar-refractivity contribution in [1.29, 1.82) is 0 Å². The summed E-state index contributed by atoms with van der Waals surface area (Å²) in [5, 5.41) is 11.5. The zero-order chi connectivity index (χ0) is 8.27. The van der Waals surface area contributed by atoms with E-state index in [2.05, 4.69) is 26.1 Å². The minimum atomic E-state index is 0.490. The molecule has 0 bridgehead atoms. The molecule has 0 aliphatic heterocycles. The van der Waals surface area contributed by atoms with Gasteiger partial charge in [-0.15, -0.1) is 0 Å². The maximum absolute atomic E-state index is 8.18. The summed E-state index contributed by atoms with van der Waals surface area (Å²) in [6, 6.07) is 1.62. The molecule has 0 amide bonds. The summed E-state index contributed by atoms with van der Waals surface area (Å²) in [6.07, 6.45) is 2.73. The van der Waals surface area contributed by atoms with E-state index in [1.165, 1.54) is 12.4 Å². The lowest BCUT2D eigenvalue weighted by molar-refractivity contribution is 0.322. The predicted molar refractivity (Wildman–Crippen MR) is 46.3 cm³/mol. The van der Waals surface area contributed by atoms with E-state index in [4.69, 9.17) is 16.8 Å². The fourth-order valence-corrected chi connectivity index (χ4v) is 1.24. The van der Waals surface area contributed by atoms with E-state index in [0.717, 1.165) is 0 Å². The van der Waals surface area contributed by atoms with Crippen LogP contribution in [0.4, 0.5) is 0 Å². The molecule has 0 spiro atoms. The molecule has 11 heavy (non-hydrogen) atoms. The molecule has 0 aliphatic rings. The van der Waals surface area contributed by atoms with E-state index in [1.54, 1.807) is 6.07 Å². The minimum Gasteiger partial charge on any atom is -0.411 e. The van der Waals surface area contributed by atoms with Crippen LogP contribution in [0, 0.1) is 0 Å². The summed E-state index contributed by atoms with van der Waals surface area (Å²) in [6.45, 7) is 0. The lowest BCUT2D eigenvalue weighted by atomic mass is 10.3. The van der Waals surface area contributed by atoms with Crippen LogP contribution in [0.25, 0.3) is 0 Å². The Morgan fingerprint density at radius 3 is 3.00 bits per heavy atom. The van der Waals surface area contributed by atoms with Crippen molar-refractivity contribution in [2.24, 2.45) is 5.16 Å². The first-order valence-corrected chi connectivity index (χ1v) is 3.89. The highest BCUT2D eigenvalue weighted by Gasteiger charge is 1.98. The van der Waals surface area contributed by atoms with E-state index >= 15 is 0 Å². The van der Waals surface area contributed by atoms with Crippen LogP contribution in [0.2, 0.25) is 5.02 Å². The SMILES string of the molecule is O/N=C/c1cnc(Br)cc1Cl. The molecule has 0 saturated heterocycles. The van der Waals surface area contributed by atoms with Crippen LogP contribution in [-0.2, 0) is 0 Å². The Hall–Kier alpha value is -0.610. The Labute approximate surface area is 76.8 Å². The lowest BCUT2D eigenvalue weighted by Crippen LogP contribution is -1.85. The summed E-state index contributed by atoms with van der Waals surface area (Å²) in [5.41, 5.74) is 0.581. The van der Waals surface area contributed by atoms with E-state index in [1.807, 2.05) is 0 Å². The number of rotatable bonds is 1. The van der Waals surface area contributed by atoms with Crippen LogP contribution in [-0.4, -0.2) is 16.4 Å². The molecule has 58 valence electrons. The molecule has 0 atom stereocenters. The van der Waals surface area contributed by atoms with Crippen LogP contribution in [0.15, 0.2) is 22.0 Å². The van der Waals surface area contributed by atoms with Crippen LogP contribution in [0.5, 0.6) is 0 Å². The van der Waals surface area contributed by atoms with Crippen molar-refractivity contribution in [3.63, 3.8) is 0 Å². The molecule has 0 saturated carbocycles. The maximum atomic E-state index is 8.18. The van der Waals surface area contributed by atoms with Gasteiger partial charge in [0.05, 0.1) is 11.2 Å². The van der Waals surface area contributed by atoms with Crippen LogP contribution in [0.1, 0.15) is 5.56 Å². The van der Waals surface area contributed by atoms with Gasteiger partial charge in [-0.05, 0) is 22.0 Å². The third kappa shape index (κ3) is 2.17. The number of halogens is 2. The molecule has 3 nitrogen and oxygen atoms in total. The molecular formula is C6H4BrClN2O. The van der Waals surface area contributed by atoms with Gasteiger partial charge in [0.2, 0.25) is 0 Å². The number of nitrogens with zero attached hydrogens (tertiary/aromatic N) is 2. The first-order valence-electron chi connectivity index (χ1n) is 2.72. The third-order valence-electron chi connectivity index (χ3n) is 1.05. The average Bonchev–Trinajstić information content (AvgIpc) is 1.95. The van der Waals surface area contributed by atoms with Gasteiger partial charge in [0.15, 0.2) is 0 Å². The predicted octanol–water partition coefficient (Wildman–Crippen LogP) is 2.31. The fraction of sp³-hybridized carbons (Fsp3) is 0. The van der Waals surface area contributed by atoms with E-state index in [-0.39, 0.29) is 0 Å². The number of aromatic nitrogens is 1. The molecule has 1 rings (SSSR count). The standard InChI is InChI=1S/C6H4BrClN2O/c7-6-1-5(8)4(2-9-6)3-10-11/h1-3,11H/b10-3+. The van der Waals surface area contributed by atoms with Gasteiger partial charge in [0, 0.05) is 11.8 Å². The van der Waals surface area contributed by atoms with Crippen molar-refractivity contribution in [3.05, 3.63) is 27.5 Å². The van der Waals surface area contributed by atoms with Gasteiger partial charge in [0.25, 0.3) is 0 Å². The van der Waals surface area contributed by atoms with Gasteiger partial charge in [-0.3, -0.25) is 0 Å². The largest absolute Gasteiger partial charge is 0.411 e. The van der Waals surface area contributed by atoms with Crippen molar-refractivity contribution in [2.45, 2.75) is 0 Å². The van der Waals surface area contributed by atoms with Crippen LogP contribution in [0.3, 0.4) is 0 Å². The molecule has 0 unspecified atom stereocenters. The number of oxime groups is 1. The van der Waals surface area contributed by atoms with Gasteiger partial charge in [0.1, 0.15) is 4.60 Å². The lowest BCUT2D eigenvalue weighted by Gasteiger charge is -1.95. The Bertz CT molecular complexity index is 290. The Kier molecular flexibility index (Phi) is 2.84. The van der Waals surface area contributed by atoms with E-state index in [0.29, 0.717) is 15.2 Å². The molecule has 0 fully saturated rings. The number of pyridine rings is 1. The monoisotopic (exact) mass is 234 g/mol. The van der Waals surface area contributed by atoms with E-state index < -0.39 is 0 Å². The summed E-state index contributed by atoms with van der Waals surface area (Å²) in [4.78, 5) is 3.89. The Morgan fingerprint density at radius 1 is 1.73 bits per heavy atom.